The fraction of sp³-hybridized carbons (Fsp3) is 0.167. The number of aromatic nitrogens is 3. The minimum absolute atomic E-state index is 0.00972. The number of fused-ring (bicyclic) bond motifs is 1. The zero-order valence-electron chi connectivity index (χ0n) is 17.2. The molecule has 0 N–H and O–H groups in total. The average molecular weight is 463 g/mol. The van der Waals surface area contributed by atoms with Gasteiger partial charge in [0.05, 0.1) is 19.2 Å². The predicted molar refractivity (Wildman–Crippen MR) is 126 cm³/mol. The molecular formula is C24H19ClN4O2S. The van der Waals surface area contributed by atoms with Crippen LogP contribution in [0.25, 0.3) is 10.7 Å². The molecule has 1 aliphatic heterocycles. The molecule has 160 valence electrons. The summed E-state index contributed by atoms with van der Waals surface area (Å²) in [5.41, 5.74) is 4.22. The lowest BCUT2D eigenvalue weighted by atomic mass is 9.95. The Bertz CT molecular complexity index is 1260. The fourth-order valence-electron chi connectivity index (χ4n) is 3.92. The van der Waals surface area contributed by atoms with Gasteiger partial charge in [-0.1, -0.05) is 23.7 Å². The number of halogens is 1. The molecule has 8 heteroatoms. The van der Waals surface area contributed by atoms with E-state index in [4.69, 9.17) is 16.3 Å². The minimum Gasteiger partial charge on any atom is -0.497 e. The number of Topliss-reactive ketones (excluding diaryl/α,β-unsaturated/α-hetero) is 1. The molecule has 3 heterocycles. The summed E-state index contributed by atoms with van der Waals surface area (Å²) in [5.74, 6) is 0.391. The van der Waals surface area contributed by atoms with Crippen molar-refractivity contribution in [3.8, 4) is 16.5 Å². The van der Waals surface area contributed by atoms with Crippen LogP contribution in [0.15, 0.2) is 66.4 Å². The number of anilines is 1. The molecule has 0 saturated heterocycles. The number of thiazole rings is 1. The molecule has 0 fully saturated rings. The second-order valence-corrected chi connectivity index (χ2v) is 8.77. The molecule has 4 aromatic rings. The summed E-state index contributed by atoms with van der Waals surface area (Å²) in [6, 6.07) is 13.7. The summed E-state index contributed by atoms with van der Waals surface area (Å²) in [6.07, 6.45) is 4.88. The Hall–Kier alpha value is -3.29. The predicted octanol–water partition coefficient (Wildman–Crippen LogP) is 5.25. The highest BCUT2D eigenvalue weighted by Crippen LogP contribution is 2.41. The number of ketones is 1. The van der Waals surface area contributed by atoms with Crippen molar-refractivity contribution >= 4 is 34.4 Å². The molecule has 0 saturated carbocycles. The molecule has 6 nitrogen and oxygen atoms in total. The van der Waals surface area contributed by atoms with Gasteiger partial charge >= 0.3 is 0 Å². The normalized spacial score (nSPS) is 14.9. The topological polar surface area (TPSA) is 68.2 Å². The smallest absolute Gasteiger partial charge is 0.191 e. The van der Waals surface area contributed by atoms with E-state index in [2.05, 4.69) is 19.9 Å². The minimum atomic E-state index is -0.329. The summed E-state index contributed by atoms with van der Waals surface area (Å²) >= 11 is 7.43. The van der Waals surface area contributed by atoms with Gasteiger partial charge in [-0.2, -0.15) is 0 Å². The first kappa shape index (κ1) is 20.6. The third kappa shape index (κ3) is 3.97. The molecule has 1 unspecified atom stereocenters. The Morgan fingerprint density at radius 2 is 2.06 bits per heavy atom. The van der Waals surface area contributed by atoms with E-state index in [-0.39, 0.29) is 11.7 Å². The molecule has 1 atom stereocenters. The quantitative estimate of drug-likeness (QED) is 0.364. The van der Waals surface area contributed by atoms with Gasteiger partial charge in [0.1, 0.15) is 22.1 Å². The molecule has 0 bridgehead atoms. The number of rotatable bonds is 6. The number of carbonyl (C=O) groups excluding carboxylic acids is 1. The van der Waals surface area contributed by atoms with E-state index >= 15 is 0 Å². The number of ether oxygens (including phenoxy) is 1. The SMILES string of the molecule is COc1ccc2c(c1)C(C(=O)c1csc(-c3cnccn3)n1)CN2Cc1ccc(Cl)cc1. The number of nitrogens with zero attached hydrogens (tertiary/aromatic N) is 4. The largest absolute Gasteiger partial charge is 0.497 e. The number of carbonyl (C=O) groups is 1. The van der Waals surface area contributed by atoms with Crippen LogP contribution in [0.1, 0.15) is 27.5 Å². The highest BCUT2D eigenvalue weighted by molar-refractivity contribution is 7.13. The van der Waals surface area contributed by atoms with Gasteiger partial charge in [-0.05, 0) is 41.5 Å². The van der Waals surface area contributed by atoms with Crippen LogP contribution in [0, 0.1) is 0 Å². The van der Waals surface area contributed by atoms with Gasteiger partial charge in [-0.25, -0.2) is 4.98 Å². The zero-order chi connectivity index (χ0) is 22.1. The van der Waals surface area contributed by atoms with Crippen molar-refractivity contribution in [2.24, 2.45) is 0 Å². The van der Waals surface area contributed by atoms with Gasteiger partial charge in [-0.15, -0.1) is 11.3 Å². The maximum absolute atomic E-state index is 13.5. The van der Waals surface area contributed by atoms with E-state index in [1.807, 2.05) is 42.5 Å². The third-order valence-electron chi connectivity index (χ3n) is 5.50. The van der Waals surface area contributed by atoms with Crippen molar-refractivity contribution in [1.29, 1.82) is 0 Å². The van der Waals surface area contributed by atoms with Crippen LogP contribution in [0.2, 0.25) is 5.02 Å². The van der Waals surface area contributed by atoms with Crippen molar-refractivity contribution in [3.63, 3.8) is 0 Å². The maximum atomic E-state index is 13.5. The van der Waals surface area contributed by atoms with Crippen LogP contribution in [0.5, 0.6) is 5.75 Å². The summed E-state index contributed by atoms with van der Waals surface area (Å²) in [4.78, 5) is 28.7. The second kappa shape index (κ2) is 8.68. The molecule has 1 aliphatic rings. The molecule has 32 heavy (non-hydrogen) atoms. The highest BCUT2D eigenvalue weighted by Gasteiger charge is 2.35. The highest BCUT2D eigenvalue weighted by atomic mass is 35.5. The Labute approximate surface area is 194 Å². The lowest BCUT2D eigenvalue weighted by molar-refractivity contribution is 0.0960. The van der Waals surface area contributed by atoms with Crippen molar-refractivity contribution in [2.75, 3.05) is 18.6 Å². The number of hydrogen-bond donors (Lipinski definition) is 0. The molecular weight excluding hydrogens is 444 g/mol. The first-order chi connectivity index (χ1) is 15.6. The van der Waals surface area contributed by atoms with E-state index < -0.39 is 0 Å². The number of hydrogen-bond acceptors (Lipinski definition) is 7. The van der Waals surface area contributed by atoms with Crippen LogP contribution >= 0.6 is 22.9 Å². The summed E-state index contributed by atoms with van der Waals surface area (Å²) < 4.78 is 5.43. The van der Waals surface area contributed by atoms with Crippen LogP contribution in [0.4, 0.5) is 5.69 Å². The molecule has 0 spiro atoms. The van der Waals surface area contributed by atoms with E-state index in [0.717, 1.165) is 22.6 Å². The van der Waals surface area contributed by atoms with E-state index in [0.29, 0.717) is 34.5 Å². The average Bonchev–Trinajstić information content (AvgIpc) is 3.46. The Morgan fingerprint density at radius 3 is 2.81 bits per heavy atom. The van der Waals surface area contributed by atoms with Crippen molar-refractivity contribution in [3.05, 3.63) is 88.3 Å². The Morgan fingerprint density at radius 1 is 1.22 bits per heavy atom. The molecule has 5 rings (SSSR count). The summed E-state index contributed by atoms with van der Waals surface area (Å²) in [7, 11) is 1.63. The van der Waals surface area contributed by atoms with Gasteiger partial charge < -0.3 is 9.64 Å². The fourth-order valence-corrected chi connectivity index (χ4v) is 4.82. The second-order valence-electron chi connectivity index (χ2n) is 7.48. The van der Waals surface area contributed by atoms with Gasteiger partial charge in [0.15, 0.2) is 5.78 Å². The lowest BCUT2D eigenvalue weighted by Crippen LogP contribution is -2.24. The van der Waals surface area contributed by atoms with Crippen molar-refractivity contribution in [1.82, 2.24) is 15.0 Å². The van der Waals surface area contributed by atoms with E-state index in [1.165, 1.54) is 11.3 Å². The third-order valence-corrected chi connectivity index (χ3v) is 6.61. The number of methoxy groups -OCH3 is 1. The first-order valence-electron chi connectivity index (χ1n) is 10.1. The maximum Gasteiger partial charge on any atom is 0.191 e. The van der Waals surface area contributed by atoms with E-state index in [1.54, 1.807) is 31.1 Å². The van der Waals surface area contributed by atoms with Gasteiger partial charge in [-0.3, -0.25) is 14.8 Å². The summed E-state index contributed by atoms with van der Waals surface area (Å²) in [6.45, 7) is 1.25. The summed E-state index contributed by atoms with van der Waals surface area (Å²) in [5, 5.41) is 3.19. The zero-order valence-corrected chi connectivity index (χ0v) is 18.8. The monoisotopic (exact) mass is 462 g/mol. The van der Waals surface area contributed by atoms with Gasteiger partial charge in [0.25, 0.3) is 0 Å². The molecule has 0 aliphatic carbocycles. The Kier molecular flexibility index (Phi) is 5.59. The van der Waals surface area contributed by atoms with E-state index in [9.17, 15) is 4.79 Å². The van der Waals surface area contributed by atoms with Crippen LogP contribution < -0.4 is 9.64 Å². The van der Waals surface area contributed by atoms with Crippen molar-refractivity contribution < 1.29 is 9.53 Å². The molecule has 2 aromatic heterocycles. The first-order valence-corrected chi connectivity index (χ1v) is 11.3. The lowest BCUT2D eigenvalue weighted by Gasteiger charge is -2.20. The Balaban J connectivity index is 1.45. The van der Waals surface area contributed by atoms with Crippen LogP contribution in [-0.2, 0) is 6.54 Å². The molecule has 2 aromatic carbocycles. The van der Waals surface area contributed by atoms with Crippen molar-refractivity contribution in [2.45, 2.75) is 12.5 Å². The number of benzene rings is 2. The van der Waals surface area contributed by atoms with Crippen LogP contribution in [0.3, 0.4) is 0 Å². The van der Waals surface area contributed by atoms with Gasteiger partial charge in [0.2, 0.25) is 0 Å². The van der Waals surface area contributed by atoms with Gasteiger partial charge in [0, 0.05) is 41.6 Å². The molecule has 0 amide bonds. The molecule has 0 radical (unpaired) electrons. The standard InChI is InChI=1S/C24H19ClN4O2S/c1-31-17-6-7-22-18(10-17)19(13-29(22)12-15-2-4-16(25)5-3-15)23(30)21-14-32-24(28-21)20-11-26-8-9-27-20/h2-11,14,19H,12-13H2,1H3. The van der Waals surface area contributed by atoms with Crippen LogP contribution in [-0.4, -0.2) is 34.4 Å².